The number of amidine groups is 1. The number of benzene rings is 2. The molecule has 0 radical (unpaired) electrons. The van der Waals surface area contributed by atoms with Gasteiger partial charge in [-0.15, -0.1) is 0 Å². The first kappa shape index (κ1) is 25.3. The number of nitrogens with one attached hydrogen (secondary N) is 1. The number of nitrogens with zero attached hydrogens (tertiary/aromatic N) is 2. The first-order valence-electron chi connectivity index (χ1n) is 10.9. The lowest BCUT2D eigenvalue weighted by Crippen LogP contribution is -2.38. The van der Waals surface area contributed by atoms with E-state index < -0.39 is 5.25 Å². The molecule has 2 heterocycles. The molecule has 2 aliphatic heterocycles. The van der Waals surface area contributed by atoms with Crippen LogP contribution in [0.5, 0.6) is 0 Å². The maximum absolute atomic E-state index is 13.3. The lowest BCUT2D eigenvalue weighted by atomic mass is 10.1. The fourth-order valence-electron chi connectivity index (χ4n) is 3.82. The van der Waals surface area contributed by atoms with E-state index in [1.165, 1.54) is 23.9 Å². The molecule has 2 aliphatic rings. The van der Waals surface area contributed by atoms with Crippen molar-refractivity contribution in [2.45, 2.75) is 44.5 Å². The van der Waals surface area contributed by atoms with E-state index in [2.05, 4.69) is 5.32 Å². The minimum atomic E-state index is -0.605. The molecule has 1 N–H and O–H groups in total. The highest BCUT2D eigenvalue weighted by Gasteiger charge is 2.40. The Morgan fingerprint density at radius 1 is 1.18 bits per heavy atom. The summed E-state index contributed by atoms with van der Waals surface area (Å²) in [5, 5.41) is 3.55. The van der Waals surface area contributed by atoms with Crippen molar-refractivity contribution in [1.82, 2.24) is 4.90 Å². The number of halogens is 3. The van der Waals surface area contributed by atoms with Crippen LogP contribution < -0.4 is 5.32 Å². The SMILES string of the molecule is Cc1ccc(C)c(N=C2S[C@H](CC(=O)Nc3cc(Cl)c(Cl)cc3Cl)C(=O)N2C[C@@H]2CCCO2)c1. The van der Waals surface area contributed by atoms with E-state index in [1.54, 1.807) is 4.90 Å². The minimum absolute atomic E-state index is 0.0315. The third-order valence-electron chi connectivity index (χ3n) is 5.67. The van der Waals surface area contributed by atoms with Crippen LogP contribution in [0.15, 0.2) is 35.3 Å². The van der Waals surface area contributed by atoms with Crippen molar-refractivity contribution >= 4 is 74.9 Å². The number of carbonyl (C=O) groups excluding carboxylic acids is 2. The van der Waals surface area contributed by atoms with Crippen molar-refractivity contribution in [3.8, 4) is 0 Å². The van der Waals surface area contributed by atoms with E-state index >= 15 is 0 Å². The van der Waals surface area contributed by atoms with Gasteiger partial charge in [-0.05, 0) is 56.0 Å². The van der Waals surface area contributed by atoms with Gasteiger partial charge in [0.05, 0.1) is 39.1 Å². The molecule has 2 aromatic rings. The Morgan fingerprint density at radius 3 is 2.68 bits per heavy atom. The topological polar surface area (TPSA) is 71.0 Å². The Morgan fingerprint density at radius 2 is 1.94 bits per heavy atom. The van der Waals surface area contributed by atoms with Crippen molar-refractivity contribution in [3.63, 3.8) is 0 Å². The first-order valence-corrected chi connectivity index (χ1v) is 12.9. The quantitative estimate of drug-likeness (QED) is 0.430. The van der Waals surface area contributed by atoms with Gasteiger partial charge in [0, 0.05) is 13.0 Å². The van der Waals surface area contributed by atoms with Gasteiger partial charge in [-0.1, -0.05) is 58.7 Å². The summed E-state index contributed by atoms with van der Waals surface area (Å²) in [6.45, 7) is 5.10. The van der Waals surface area contributed by atoms with Crippen molar-refractivity contribution in [2.24, 2.45) is 4.99 Å². The fourth-order valence-corrected chi connectivity index (χ4v) is 5.57. The molecule has 2 atom stereocenters. The lowest BCUT2D eigenvalue weighted by molar-refractivity contribution is -0.129. The van der Waals surface area contributed by atoms with E-state index in [4.69, 9.17) is 44.5 Å². The van der Waals surface area contributed by atoms with Crippen molar-refractivity contribution in [2.75, 3.05) is 18.5 Å². The zero-order valence-corrected chi connectivity index (χ0v) is 21.8. The monoisotopic (exact) mass is 539 g/mol. The minimum Gasteiger partial charge on any atom is -0.376 e. The van der Waals surface area contributed by atoms with Gasteiger partial charge in [0.25, 0.3) is 0 Å². The highest BCUT2D eigenvalue weighted by molar-refractivity contribution is 8.15. The molecule has 2 aromatic carbocycles. The smallest absolute Gasteiger partial charge is 0.242 e. The Bertz CT molecular complexity index is 1150. The van der Waals surface area contributed by atoms with Crippen molar-refractivity contribution < 1.29 is 14.3 Å². The van der Waals surface area contributed by atoms with Crippen LogP contribution in [-0.4, -0.2) is 46.4 Å². The third kappa shape index (κ3) is 5.89. The van der Waals surface area contributed by atoms with E-state index in [0.717, 1.165) is 29.7 Å². The van der Waals surface area contributed by atoms with Crippen LogP contribution in [0.1, 0.15) is 30.4 Å². The largest absolute Gasteiger partial charge is 0.376 e. The molecular weight excluding hydrogens is 517 g/mol. The predicted molar refractivity (Wildman–Crippen MR) is 140 cm³/mol. The maximum atomic E-state index is 13.3. The van der Waals surface area contributed by atoms with Crippen LogP contribution in [0.4, 0.5) is 11.4 Å². The van der Waals surface area contributed by atoms with Gasteiger partial charge in [0.1, 0.15) is 5.25 Å². The highest BCUT2D eigenvalue weighted by atomic mass is 35.5. The average Bonchev–Trinajstić information content (AvgIpc) is 3.39. The van der Waals surface area contributed by atoms with E-state index in [0.29, 0.717) is 29.0 Å². The van der Waals surface area contributed by atoms with E-state index in [1.807, 2.05) is 32.0 Å². The lowest BCUT2D eigenvalue weighted by Gasteiger charge is -2.20. The number of rotatable bonds is 6. The second-order valence-electron chi connectivity index (χ2n) is 8.37. The molecule has 0 unspecified atom stereocenters. The summed E-state index contributed by atoms with van der Waals surface area (Å²) < 4.78 is 5.76. The second-order valence-corrected chi connectivity index (χ2v) is 10.8. The molecule has 2 saturated heterocycles. The van der Waals surface area contributed by atoms with E-state index in [-0.39, 0.29) is 34.4 Å². The molecule has 180 valence electrons. The van der Waals surface area contributed by atoms with Gasteiger partial charge in [0.15, 0.2) is 5.17 Å². The molecule has 34 heavy (non-hydrogen) atoms. The molecular formula is C24H24Cl3N3O3S. The second kappa shape index (κ2) is 10.9. The number of carbonyl (C=O) groups is 2. The number of anilines is 1. The van der Waals surface area contributed by atoms with Gasteiger partial charge >= 0.3 is 0 Å². The maximum Gasteiger partial charge on any atom is 0.242 e. The number of hydrogen-bond donors (Lipinski definition) is 1. The zero-order chi connectivity index (χ0) is 24.4. The molecule has 0 bridgehead atoms. The number of thioether (sulfide) groups is 1. The molecule has 0 aromatic heterocycles. The Kier molecular flexibility index (Phi) is 8.10. The van der Waals surface area contributed by atoms with Crippen molar-refractivity contribution in [3.05, 3.63) is 56.5 Å². The molecule has 10 heteroatoms. The number of amides is 2. The van der Waals surface area contributed by atoms with Gasteiger partial charge in [-0.2, -0.15) is 0 Å². The van der Waals surface area contributed by atoms with Gasteiger partial charge < -0.3 is 10.1 Å². The van der Waals surface area contributed by atoms with Crippen LogP contribution in [0.2, 0.25) is 15.1 Å². The van der Waals surface area contributed by atoms with E-state index in [9.17, 15) is 9.59 Å². The van der Waals surface area contributed by atoms with Crippen LogP contribution in [0.25, 0.3) is 0 Å². The summed E-state index contributed by atoms with van der Waals surface area (Å²) >= 11 is 19.5. The predicted octanol–water partition coefficient (Wildman–Crippen LogP) is 6.40. The Hall–Kier alpha value is -1.77. The van der Waals surface area contributed by atoms with Gasteiger partial charge in [0.2, 0.25) is 11.8 Å². The summed E-state index contributed by atoms with van der Waals surface area (Å²) in [4.78, 5) is 32.6. The van der Waals surface area contributed by atoms with Crippen LogP contribution in [-0.2, 0) is 14.3 Å². The summed E-state index contributed by atoms with van der Waals surface area (Å²) in [7, 11) is 0. The summed E-state index contributed by atoms with van der Waals surface area (Å²) in [6.07, 6.45) is 1.80. The molecule has 0 aliphatic carbocycles. The highest BCUT2D eigenvalue weighted by Crippen LogP contribution is 2.35. The average molecular weight is 541 g/mol. The normalized spacial score (nSPS) is 21.5. The van der Waals surface area contributed by atoms with Crippen LogP contribution in [0.3, 0.4) is 0 Å². The molecule has 2 fully saturated rings. The Labute approximate surface area is 218 Å². The van der Waals surface area contributed by atoms with Crippen molar-refractivity contribution in [1.29, 1.82) is 0 Å². The number of aliphatic imine (C=N–C) groups is 1. The Balaban J connectivity index is 1.54. The molecule has 0 spiro atoms. The molecule has 4 rings (SSSR count). The fraction of sp³-hybridized carbons (Fsp3) is 0.375. The van der Waals surface area contributed by atoms with Gasteiger partial charge in [-0.3, -0.25) is 14.5 Å². The first-order chi connectivity index (χ1) is 16.2. The standard InChI is InChI=1S/C24H24Cl3N3O3S/c1-13-5-6-14(2)19(8-13)29-24-30(12-15-4-3-7-33-15)23(32)21(34-24)11-22(31)28-20-10-17(26)16(25)9-18(20)27/h5-6,8-10,15,21H,3-4,7,11-12H2,1-2H3,(H,28,31)/t15-,21+/m0/s1. The van der Waals surface area contributed by atoms with Crippen LogP contribution in [0, 0.1) is 13.8 Å². The zero-order valence-electron chi connectivity index (χ0n) is 18.7. The molecule has 2 amide bonds. The number of ether oxygens (including phenoxy) is 1. The molecule has 0 saturated carbocycles. The third-order valence-corrected chi connectivity index (χ3v) is 7.88. The van der Waals surface area contributed by atoms with Gasteiger partial charge in [-0.25, -0.2) is 4.99 Å². The number of hydrogen-bond acceptors (Lipinski definition) is 5. The van der Waals surface area contributed by atoms with Crippen LogP contribution >= 0.6 is 46.6 Å². The summed E-state index contributed by atoms with van der Waals surface area (Å²) in [5.41, 5.74) is 3.25. The molecule has 6 nitrogen and oxygen atoms in total. The number of aryl methyl sites for hydroxylation is 2. The summed E-state index contributed by atoms with van der Waals surface area (Å²) in [6, 6.07) is 8.98. The summed E-state index contributed by atoms with van der Waals surface area (Å²) in [5.74, 6) is -0.504.